The normalized spacial score (nSPS) is 16.8. The number of para-hydroxylation sites is 1. The molecule has 0 bridgehead atoms. The summed E-state index contributed by atoms with van der Waals surface area (Å²) in [7, 11) is 4.51. The average Bonchev–Trinajstić information content (AvgIpc) is 2.78. The van der Waals surface area contributed by atoms with Gasteiger partial charge in [0.1, 0.15) is 6.10 Å². The Bertz CT molecular complexity index is 1080. The second-order valence-electron chi connectivity index (χ2n) is 6.58. The monoisotopic (exact) mass is 432 g/mol. The van der Waals surface area contributed by atoms with Gasteiger partial charge in [-0.2, -0.15) is 0 Å². The molecule has 2 aromatic carbocycles. The van der Waals surface area contributed by atoms with Crippen molar-refractivity contribution in [1.29, 1.82) is 0 Å². The van der Waals surface area contributed by atoms with E-state index in [9.17, 15) is 15.0 Å². The van der Waals surface area contributed by atoms with Crippen molar-refractivity contribution in [2.45, 2.75) is 19.1 Å². The minimum absolute atomic E-state index is 0.0394. The van der Waals surface area contributed by atoms with Gasteiger partial charge in [-0.3, -0.25) is 0 Å². The maximum Gasteiger partial charge on any atom is 0.336 e. The predicted octanol–water partition coefficient (Wildman–Crippen LogP) is 2.73. The van der Waals surface area contributed by atoms with E-state index in [0.29, 0.717) is 34.0 Å². The highest BCUT2D eigenvalue weighted by molar-refractivity contribution is 5.88. The van der Waals surface area contributed by atoms with Crippen LogP contribution >= 0.6 is 0 Å². The summed E-state index contributed by atoms with van der Waals surface area (Å²) >= 11 is 0. The van der Waals surface area contributed by atoms with E-state index in [0.717, 1.165) is 0 Å². The van der Waals surface area contributed by atoms with Crippen LogP contribution in [-0.2, 0) is 0 Å². The second-order valence-corrected chi connectivity index (χ2v) is 6.58. The molecule has 0 amide bonds. The predicted molar refractivity (Wildman–Crippen MR) is 112 cm³/mol. The van der Waals surface area contributed by atoms with E-state index in [2.05, 4.69) is 0 Å². The third-order valence-electron chi connectivity index (χ3n) is 4.68. The number of phenolic OH excluding ortho intramolecular Hbond substituents is 1. The molecule has 9 heteroatoms. The Kier molecular flexibility index (Phi) is 6.76. The molecule has 0 spiro atoms. The van der Waals surface area contributed by atoms with Crippen LogP contribution in [0.2, 0.25) is 0 Å². The molecule has 1 unspecified atom stereocenters. The molecule has 1 aromatic heterocycles. The molecule has 166 valence electrons. The second kappa shape index (κ2) is 9.48. The molecule has 2 N–H and O–H groups in total. The zero-order valence-electron chi connectivity index (χ0n) is 17.6. The van der Waals surface area contributed by atoms with Crippen molar-refractivity contribution in [3.8, 4) is 34.5 Å². The SMILES string of the molecule is COc1cc2ccc(=O)oc2c2c1OC(C)[C@@H](CO)O2.COc1cccc(OC)c1O. The third kappa shape index (κ3) is 4.46. The molecule has 0 fully saturated rings. The summed E-state index contributed by atoms with van der Waals surface area (Å²) in [6.45, 7) is 1.59. The van der Waals surface area contributed by atoms with Crippen LogP contribution in [0.4, 0.5) is 0 Å². The van der Waals surface area contributed by atoms with Crippen LogP contribution in [0.25, 0.3) is 11.0 Å². The Morgan fingerprint density at radius 3 is 2.16 bits per heavy atom. The number of benzene rings is 2. The zero-order valence-corrected chi connectivity index (χ0v) is 17.6. The molecule has 2 heterocycles. The highest BCUT2D eigenvalue weighted by Crippen LogP contribution is 2.46. The maximum atomic E-state index is 11.4. The van der Waals surface area contributed by atoms with Crippen molar-refractivity contribution in [1.82, 2.24) is 0 Å². The van der Waals surface area contributed by atoms with Crippen molar-refractivity contribution >= 4 is 11.0 Å². The fraction of sp³-hybridized carbons (Fsp3) is 0.318. The van der Waals surface area contributed by atoms with Gasteiger partial charge >= 0.3 is 5.63 Å². The Morgan fingerprint density at radius 2 is 1.58 bits per heavy atom. The lowest BCUT2D eigenvalue weighted by Gasteiger charge is -2.31. The van der Waals surface area contributed by atoms with Crippen LogP contribution in [-0.4, -0.2) is 50.4 Å². The lowest BCUT2D eigenvalue weighted by atomic mass is 10.1. The van der Waals surface area contributed by atoms with E-state index in [-0.39, 0.29) is 24.2 Å². The van der Waals surface area contributed by atoms with Crippen molar-refractivity contribution in [3.05, 3.63) is 46.8 Å². The number of fused-ring (bicyclic) bond motifs is 3. The number of rotatable bonds is 4. The summed E-state index contributed by atoms with van der Waals surface area (Å²) in [5.41, 5.74) is -0.189. The summed E-state index contributed by atoms with van der Waals surface area (Å²) in [5.74, 6) is 2.04. The van der Waals surface area contributed by atoms with E-state index < -0.39 is 11.7 Å². The van der Waals surface area contributed by atoms with E-state index >= 15 is 0 Å². The van der Waals surface area contributed by atoms with Gasteiger partial charge in [-0.25, -0.2) is 4.79 Å². The van der Waals surface area contributed by atoms with Gasteiger partial charge in [0.05, 0.1) is 27.9 Å². The number of aromatic hydroxyl groups is 1. The van der Waals surface area contributed by atoms with Gasteiger partial charge in [-0.1, -0.05) is 6.07 Å². The molecular weight excluding hydrogens is 408 g/mol. The molecule has 9 nitrogen and oxygen atoms in total. The minimum Gasteiger partial charge on any atom is -0.502 e. The summed E-state index contributed by atoms with van der Waals surface area (Å²) in [5, 5.41) is 19.3. The Hall–Kier alpha value is -3.59. The molecule has 4 rings (SSSR count). The van der Waals surface area contributed by atoms with Crippen LogP contribution in [0.15, 0.2) is 45.6 Å². The highest BCUT2D eigenvalue weighted by Gasteiger charge is 2.32. The largest absolute Gasteiger partial charge is 0.502 e. The maximum absolute atomic E-state index is 11.4. The lowest BCUT2D eigenvalue weighted by Crippen LogP contribution is -2.40. The topological polar surface area (TPSA) is 117 Å². The number of hydrogen-bond acceptors (Lipinski definition) is 9. The van der Waals surface area contributed by atoms with E-state index in [1.165, 1.54) is 27.4 Å². The molecule has 0 saturated carbocycles. The number of aliphatic hydroxyl groups excluding tert-OH is 1. The van der Waals surface area contributed by atoms with Gasteiger partial charge in [0, 0.05) is 11.5 Å². The van der Waals surface area contributed by atoms with Gasteiger partial charge in [0.25, 0.3) is 0 Å². The first-order chi connectivity index (χ1) is 14.9. The number of hydrogen-bond donors (Lipinski definition) is 2. The van der Waals surface area contributed by atoms with Crippen LogP contribution in [0.3, 0.4) is 0 Å². The summed E-state index contributed by atoms with van der Waals surface area (Å²) < 4.78 is 31.6. The summed E-state index contributed by atoms with van der Waals surface area (Å²) in [4.78, 5) is 11.4. The molecule has 31 heavy (non-hydrogen) atoms. The van der Waals surface area contributed by atoms with Crippen LogP contribution in [0, 0.1) is 0 Å². The standard InChI is InChI=1S/C14H14O6.C8H10O3/c1-7-10(6-15)19-14-12-8(3-4-11(16)20-12)5-9(17-2)13(14)18-7;1-10-6-4-3-5-7(11-2)8(6)9/h3-5,7,10,15H,6H2,1-2H3;3-5,9H,1-2H3/t7?,10-;/m1./s1. The zero-order chi connectivity index (χ0) is 22.5. The third-order valence-corrected chi connectivity index (χ3v) is 4.68. The highest BCUT2D eigenvalue weighted by atomic mass is 16.6. The van der Waals surface area contributed by atoms with Gasteiger partial charge in [0.2, 0.25) is 17.2 Å². The number of phenols is 1. The van der Waals surface area contributed by atoms with Gasteiger partial charge < -0.3 is 38.3 Å². The van der Waals surface area contributed by atoms with Crippen molar-refractivity contribution < 1.29 is 38.3 Å². The first-order valence-electron chi connectivity index (χ1n) is 9.42. The smallest absolute Gasteiger partial charge is 0.336 e. The Labute approximate surface area is 178 Å². The number of methoxy groups -OCH3 is 3. The molecular formula is C22H24O9. The molecule has 0 radical (unpaired) electrons. The van der Waals surface area contributed by atoms with Crippen LogP contribution < -0.4 is 29.3 Å². The fourth-order valence-corrected chi connectivity index (χ4v) is 3.04. The van der Waals surface area contributed by atoms with E-state index in [1.807, 2.05) is 0 Å². The first-order valence-corrected chi connectivity index (χ1v) is 9.42. The van der Waals surface area contributed by atoms with Crippen molar-refractivity contribution in [3.63, 3.8) is 0 Å². The summed E-state index contributed by atoms with van der Waals surface area (Å²) in [6, 6.07) is 9.74. The summed E-state index contributed by atoms with van der Waals surface area (Å²) in [6.07, 6.45) is -0.863. The molecule has 2 atom stereocenters. The Balaban J connectivity index is 0.000000210. The molecule has 0 saturated heterocycles. The fourth-order valence-electron chi connectivity index (χ4n) is 3.04. The van der Waals surface area contributed by atoms with Crippen molar-refractivity contribution in [2.24, 2.45) is 0 Å². The van der Waals surface area contributed by atoms with Gasteiger partial charge in [-0.15, -0.1) is 0 Å². The quantitative estimate of drug-likeness (QED) is 0.600. The first kappa shape index (κ1) is 22.1. The molecule has 0 aliphatic carbocycles. The lowest BCUT2D eigenvalue weighted by molar-refractivity contribution is -0.00304. The van der Waals surface area contributed by atoms with E-state index in [1.54, 1.807) is 37.3 Å². The minimum atomic E-state index is -0.525. The number of ether oxygens (including phenoxy) is 5. The number of aliphatic hydroxyl groups is 1. The van der Waals surface area contributed by atoms with Gasteiger partial charge in [-0.05, 0) is 31.2 Å². The van der Waals surface area contributed by atoms with Crippen LogP contribution in [0.5, 0.6) is 34.5 Å². The van der Waals surface area contributed by atoms with Gasteiger partial charge in [0.15, 0.2) is 28.9 Å². The van der Waals surface area contributed by atoms with Crippen LogP contribution in [0.1, 0.15) is 6.92 Å². The van der Waals surface area contributed by atoms with Crippen molar-refractivity contribution in [2.75, 3.05) is 27.9 Å². The Morgan fingerprint density at radius 1 is 0.935 bits per heavy atom. The molecule has 1 aliphatic rings. The molecule has 1 aliphatic heterocycles. The molecule has 3 aromatic rings. The van der Waals surface area contributed by atoms with E-state index in [4.69, 9.17) is 28.1 Å². The average molecular weight is 432 g/mol.